The Morgan fingerprint density at radius 1 is 1.10 bits per heavy atom. The second-order valence-corrected chi connectivity index (χ2v) is 9.09. The molecule has 2 aliphatic heterocycles. The first-order valence-electron chi connectivity index (χ1n) is 10.5. The lowest BCUT2D eigenvalue weighted by atomic mass is 9.90. The van der Waals surface area contributed by atoms with Gasteiger partial charge in [-0.25, -0.2) is 4.98 Å². The summed E-state index contributed by atoms with van der Waals surface area (Å²) >= 11 is 1.74. The third-order valence-electron chi connectivity index (χ3n) is 6.01. The number of nitrogens with zero attached hydrogens (tertiary/aromatic N) is 2. The van der Waals surface area contributed by atoms with Gasteiger partial charge >= 0.3 is 0 Å². The van der Waals surface area contributed by atoms with Gasteiger partial charge in [-0.3, -0.25) is 4.90 Å². The molecule has 1 aromatic heterocycles. The molecule has 5 nitrogen and oxygen atoms in total. The van der Waals surface area contributed by atoms with Crippen LogP contribution in [-0.2, 0) is 0 Å². The molecule has 2 atom stereocenters. The summed E-state index contributed by atoms with van der Waals surface area (Å²) in [6.45, 7) is 6.07. The van der Waals surface area contributed by atoms with Crippen LogP contribution in [-0.4, -0.2) is 48.3 Å². The van der Waals surface area contributed by atoms with E-state index in [1.165, 1.54) is 17.5 Å². The lowest BCUT2D eigenvalue weighted by Gasteiger charge is -2.37. The molecule has 0 aliphatic carbocycles. The van der Waals surface area contributed by atoms with Gasteiger partial charge in [0.15, 0.2) is 16.6 Å². The summed E-state index contributed by atoms with van der Waals surface area (Å²) in [5.41, 5.74) is 1.08. The molecule has 152 valence electrons. The fourth-order valence-electron chi connectivity index (χ4n) is 4.32. The van der Waals surface area contributed by atoms with Crippen LogP contribution in [0, 0.1) is 5.92 Å². The first-order valence-corrected chi connectivity index (χ1v) is 11.3. The van der Waals surface area contributed by atoms with Gasteiger partial charge < -0.3 is 14.8 Å². The average Bonchev–Trinajstić information content (AvgIpc) is 3.16. The molecule has 1 saturated heterocycles. The normalized spacial score (nSPS) is 21.2. The van der Waals surface area contributed by atoms with Gasteiger partial charge in [-0.05, 0) is 63.0 Å². The van der Waals surface area contributed by atoms with Crippen LogP contribution in [0.25, 0.3) is 10.2 Å². The molecule has 5 rings (SSSR count). The third-order valence-corrected chi connectivity index (χ3v) is 6.98. The van der Waals surface area contributed by atoms with Crippen molar-refractivity contribution < 1.29 is 9.47 Å². The van der Waals surface area contributed by atoms with Gasteiger partial charge in [-0.2, -0.15) is 0 Å². The highest BCUT2D eigenvalue weighted by atomic mass is 32.1. The Morgan fingerprint density at radius 3 is 2.69 bits per heavy atom. The number of thiazole rings is 1. The molecule has 2 aromatic carbocycles. The number of ether oxygens (including phenoxy) is 2. The van der Waals surface area contributed by atoms with Gasteiger partial charge in [-0.1, -0.05) is 35.6 Å². The van der Waals surface area contributed by atoms with Gasteiger partial charge in [0, 0.05) is 12.6 Å². The van der Waals surface area contributed by atoms with E-state index in [1.807, 2.05) is 30.3 Å². The molecule has 0 bridgehead atoms. The molecule has 6 heteroatoms. The predicted molar refractivity (Wildman–Crippen MR) is 118 cm³/mol. The minimum absolute atomic E-state index is 0.111. The van der Waals surface area contributed by atoms with E-state index in [0.29, 0.717) is 18.6 Å². The summed E-state index contributed by atoms with van der Waals surface area (Å²) in [5.74, 6) is 2.40. The first kappa shape index (κ1) is 18.7. The molecule has 0 amide bonds. The maximum atomic E-state index is 6.13. The molecule has 1 fully saturated rings. The van der Waals surface area contributed by atoms with Crippen molar-refractivity contribution in [3.63, 3.8) is 0 Å². The number of nitrogens with one attached hydrogen (secondary N) is 1. The van der Waals surface area contributed by atoms with Crippen LogP contribution in [0.5, 0.6) is 11.5 Å². The smallest absolute Gasteiger partial charge is 0.184 e. The second kappa shape index (κ2) is 8.20. The number of fused-ring (bicyclic) bond motifs is 2. The van der Waals surface area contributed by atoms with Crippen molar-refractivity contribution in [2.45, 2.75) is 31.9 Å². The van der Waals surface area contributed by atoms with Crippen molar-refractivity contribution in [2.75, 3.05) is 31.6 Å². The number of aromatic nitrogens is 1. The fourth-order valence-corrected chi connectivity index (χ4v) is 5.29. The Hall–Kier alpha value is -2.31. The molecule has 0 spiro atoms. The van der Waals surface area contributed by atoms with E-state index in [2.05, 4.69) is 35.3 Å². The number of hydrogen-bond donors (Lipinski definition) is 1. The Balaban J connectivity index is 1.11. The monoisotopic (exact) mass is 409 g/mol. The lowest BCUT2D eigenvalue weighted by Crippen LogP contribution is -2.45. The van der Waals surface area contributed by atoms with Crippen LogP contribution < -0.4 is 14.8 Å². The SMILES string of the molecule is CC(Nc1nc2ccccc2s1)C1CCN(CC2COc3ccccc3O2)CC1. The Morgan fingerprint density at radius 2 is 1.86 bits per heavy atom. The zero-order valence-electron chi connectivity index (χ0n) is 16.7. The average molecular weight is 410 g/mol. The number of piperidine rings is 1. The molecule has 29 heavy (non-hydrogen) atoms. The minimum atomic E-state index is 0.111. The van der Waals surface area contributed by atoms with E-state index < -0.39 is 0 Å². The molecule has 3 aromatic rings. The van der Waals surface area contributed by atoms with Crippen LogP contribution in [0.4, 0.5) is 5.13 Å². The van der Waals surface area contributed by atoms with E-state index in [-0.39, 0.29) is 6.10 Å². The number of anilines is 1. The number of hydrogen-bond acceptors (Lipinski definition) is 6. The van der Waals surface area contributed by atoms with Crippen molar-refractivity contribution in [3.8, 4) is 11.5 Å². The molecule has 2 aliphatic rings. The fraction of sp³-hybridized carbons (Fsp3) is 0.435. The number of likely N-dealkylation sites (tertiary alicyclic amines) is 1. The van der Waals surface area contributed by atoms with E-state index in [1.54, 1.807) is 11.3 Å². The molecule has 1 N–H and O–H groups in total. The number of para-hydroxylation sites is 3. The Labute approximate surface area is 175 Å². The van der Waals surface area contributed by atoms with Crippen molar-refractivity contribution in [2.24, 2.45) is 5.92 Å². The van der Waals surface area contributed by atoms with Crippen LogP contribution in [0.15, 0.2) is 48.5 Å². The topological polar surface area (TPSA) is 46.6 Å². The van der Waals surface area contributed by atoms with E-state index in [0.717, 1.165) is 41.8 Å². The molecule has 0 saturated carbocycles. The van der Waals surface area contributed by atoms with Crippen LogP contribution >= 0.6 is 11.3 Å². The van der Waals surface area contributed by atoms with Gasteiger partial charge in [0.1, 0.15) is 12.7 Å². The van der Waals surface area contributed by atoms with Crippen molar-refractivity contribution >= 4 is 26.7 Å². The quantitative estimate of drug-likeness (QED) is 0.665. The number of rotatable bonds is 5. The van der Waals surface area contributed by atoms with Crippen molar-refractivity contribution in [1.82, 2.24) is 9.88 Å². The lowest BCUT2D eigenvalue weighted by molar-refractivity contribution is 0.0469. The zero-order valence-corrected chi connectivity index (χ0v) is 17.5. The molecular formula is C23H27N3O2S. The van der Waals surface area contributed by atoms with Crippen LogP contribution in [0.1, 0.15) is 19.8 Å². The Kier molecular flexibility index (Phi) is 5.29. The van der Waals surface area contributed by atoms with Gasteiger partial charge in [0.05, 0.1) is 10.2 Å². The minimum Gasteiger partial charge on any atom is -0.486 e. The standard InChI is InChI=1S/C23H27N3O2S/c1-16(24-23-25-19-6-2-5-9-22(19)29-23)17-10-12-26(13-11-17)14-18-15-27-20-7-3-4-8-21(20)28-18/h2-9,16-18H,10-15H2,1H3,(H,24,25). The van der Waals surface area contributed by atoms with Gasteiger partial charge in [0.2, 0.25) is 0 Å². The molecule has 3 heterocycles. The van der Waals surface area contributed by atoms with E-state index >= 15 is 0 Å². The predicted octanol–water partition coefficient (Wildman–Crippen LogP) is 4.65. The second-order valence-electron chi connectivity index (χ2n) is 8.06. The van der Waals surface area contributed by atoms with Crippen LogP contribution in [0.2, 0.25) is 0 Å². The van der Waals surface area contributed by atoms with Crippen molar-refractivity contribution in [1.29, 1.82) is 0 Å². The molecule has 2 unspecified atom stereocenters. The van der Waals surface area contributed by atoms with E-state index in [9.17, 15) is 0 Å². The summed E-state index contributed by atoms with van der Waals surface area (Å²) in [6.07, 6.45) is 2.51. The van der Waals surface area contributed by atoms with Crippen molar-refractivity contribution in [3.05, 3.63) is 48.5 Å². The highest BCUT2D eigenvalue weighted by Gasteiger charge is 2.28. The number of benzene rings is 2. The zero-order chi connectivity index (χ0) is 19.6. The summed E-state index contributed by atoms with van der Waals surface area (Å²) in [4.78, 5) is 7.24. The largest absolute Gasteiger partial charge is 0.486 e. The first-order chi connectivity index (χ1) is 14.2. The highest BCUT2D eigenvalue weighted by Crippen LogP contribution is 2.32. The molecular weight excluding hydrogens is 382 g/mol. The van der Waals surface area contributed by atoms with Gasteiger partial charge in [-0.15, -0.1) is 0 Å². The summed E-state index contributed by atoms with van der Waals surface area (Å²) in [5, 5.41) is 4.69. The highest BCUT2D eigenvalue weighted by molar-refractivity contribution is 7.22. The summed E-state index contributed by atoms with van der Waals surface area (Å²) in [6, 6.07) is 16.7. The van der Waals surface area contributed by atoms with Crippen LogP contribution in [0.3, 0.4) is 0 Å². The van der Waals surface area contributed by atoms with Gasteiger partial charge in [0.25, 0.3) is 0 Å². The Bertz CT molecular complexity index is 934. The third kappa shape index (κ3) is 4.19. The van der Waals surface area contributed by atoms with E-state index in [4.69, 9.17) is 14.5 Å². The maximum Gasteiger partial charge on any atom is 0.184 e. The summed E-state index contributed by atoms with van der Waals surface area (Å²) in [7, 11) is 0. The molecule has 0 radical (unpaired) electrons. The maximum absolute atomic E-state index is 6.13. The summed E-state index contributed by atoms with van der Waals surface area (Å²) < 4.78 is 13.2.